The van der Waals surface area contributed by atoms with Gasteiger partial charge in [0.05, 0.1) is 20.4 Å². The first-order chi connectivity index (χ1) is 13.0. The topological polar surface area (TPSA) is 95.5 Å². The molecule has 1 N–H and O–H groups in total. The summed E-state index contributed by atoms with van der Waals surface area (Å²) in [5, 5.41) is 4.42. The highest BCUT2D eigenvalue weighted by molar-refractivity contribution is 6.30. The molecule has 142 valence electrons. The molecule has 0 radical (unpaired) electrons. The maximum absolute atomic E-state index is 11.7. The third-order valence-corrected chi connectivity index (χ3v) is 3.39. The van der Waals surface area contributed by atoms with E-state index in [9.17, 15) is 9.59 Å². The molecule has 27 heavy (non-hydrogen) atoms. The molecule has 0 spiro atoms. The van der Waals surface area contributed by atoms with Crippen molar-refractivity contribution in [2.75, 3.05) is 20.8 Å². The molecule has 9 heteroatoms. The van der Waals surface area contributed by atoms with Gasteiger partial charge in [0.1, 0.15) is 5.75 Å². The SMILES string of the molecule is COC(=O)Oc1ccc(/C=N\NC(=O)COc2ccc(Cl)cc2)cc1OC. The zero-order valence-corrected chi connectivity index (χ0v) is 15.4. The van der Waals surface area contributed by atoms with E-state index in [1.807, 2.05) is 0 Å². The van der Waals surface area contributed by atoms with Crippen molar-refractivity contribution in [2.24, 2.45) is 5.10 Å². The van der Waals surface area contributed by atoms with Crippen LogP contribution >= 0.6 is 11.6 Å². The van der Waals surface area contributed by atoms with Crippen molar-refractivity contribution in [3.05, 3.63) is 53.1 Å². The number of nitrogens with one attached hydrogen (secondary N) is 1. The first kappa shape index (κ1) is 20.1. The zero-order valence-electron chi connectivity index (χ0n) is 14.6. The molecule has 0 saturated heterocycles. The Morgan fingerprint density at radius 3 is 2.52 bits per heavy atom. The van der Waals surface area contributed by atoms with Crippen molar-refractivity contribution < 1.29 is 28.5 Å². The van der Waals surface area contributed by atoms with Gasteiger partial charge in [0.2, 0.25) is 0 Å². The predicted molar refractivity (Wildman–Crippen MR) is 98.7 cm³/mol. The highest BCUT2D eigenvalue weighted by atomic mass is 35.5. The van der Waals surface area contributed by atoms with Gasteiger partial charge in [-0.3, -0.25) is 4.79 Å². The Labute approximate surface area is 160 Å². The van der Waals surface area contributed by atoms with Gasteiger partial charge in [-0.2, -0.15) is 5.10 Å². The lowest BCUT2D eigenvalue weighted by Gasteiger charge is -2.08. The smallest absolute Gasteiger partial charge is 0.493 e. The summed E-state index contributed by atoms with van der Waals surface area (Å²) in [7, 11) is 2.63. The lowest BCUT2D eigenvalue weighted by molar-refractivity contribution is -0.123. The molecule has 0 aliphatic heterocycles. The molecular formula is C18H17ClN2O6. The van der Waals surface area contributed by atoms with Crippen LogP contribution in [0.1, 0.15) is 5.56 Å². The summed E-state index contributed by atoms with van der Waals surface area (Å²) in [5.41, 5.74) is 2.95. The van der Waals surface area contributed by atoms with Gasteiger partial charge in [-0.1, -0.05) is 11.6 Å². The second kappa shape index (κ2) is 10.0. The van der Waals surface area contributed by atoms with E-state index in [-0.39, 0.29) is 12.4 Å². The Balaban J connectivity index is 1.88. The van der Waals surface area contributed by atoms with E-state index >= 15 is 0 Å². The van der Waals surface area contributed by atoms with Gasteiger partial charge in [-0.25, -0.2) is 10.2 Å². The van der Waals surface area contributed by atoms with Crippen LogP contribution in [-0.4, -0.2) is 39.1 Å². The molecule has 0 unspecified atom stereocenters. The van der Waals surface area contributed by atoms with Crippen molar-refractivity contribution in [3.63, 3.8) is 0 Å². The molecule has 8 nitrogen and oxygen atoms in total. The lowest BCUT2D eigenvalue weighted by Crippen LogP contribution is -2.24. The number of carbonyl (C=O) groups excluding carboxylic acids is 2. The number of methoxy groups -OCH3 is 2. The molecular weight excluding hydrogens is 376 g/mol. The highest BCUT2D eigenvalue weighted by Crippen LogP contribution is 2.27. The van der Waals surface area contributed by atoms with Gasteiger partial charge >= 0.3 is 6.16 Å². The van der Waals surface area contributed by atoms with Crippen LogP contribution in [-0.2, 0) is 9.53 Å². The largest absolute Gasteiger partial charge is 0.513 e. The molecule has 2 aromatic carbocycles. The average Bonchev–Trinajstić information content (AvgIpc) is 2.68. The number of benzene rings is 2. The summed E-state index contributed by atoms with van der Waals surface area (Å²) in [6, 6.07) is 11.4. The average molecular weight is 393 g/mol. The van der Waals surface area contributed by atoms with E-state index < -0.39 is 12.1 Å². The highest BCUT2D eigenvalue weighted by Gasteiger charge is 2.10. The van der Waals surface area contributed by atoms with Crippen LogP contribution in [0.3, 0.4) is 0 Å². The predicted octanol–water partition coefficient (Wildman–Crippen LogP) is 3.02. The van der Waals surface area contributed by atoms with Crippen LogP contribution in [0.5, 0.6) is 17.2 Å². The van der Waals surface area contributed by atoms with Gasteiger partial charge in [-0.15, -0.1) is 0 Å². The maximum atomic E-state index is 11.7. The number of hydrogen-bond acceptors (Lipinski definition) is 7. The standard InChI is InChI=1S/C18H17ClN2O6/c1-24-16-9-12(3-8-15(16)27-18(23)25-2)10-20-21-17(22)11-26-14-6-4-13(19)5-7-14/h3-10H,11H2,1-2H3,(H,21,22)/b20-10-. The maximum Gasteiger partial charge on any atom is 0.513 e. The summed E-state index contributed by atoms with van der Waals surface area (Å²) in [5.74, 6) is 0.590. The van der Waals surface area contributed by atoms with Crippen LogP contribution in [0.15, 0.2) is 47.6 Å². The fourth-order valence-electron chi connectivity index (χ4n) is 1.87. The van der Waals surface area contributed by atoms with Gasteiger partial charge in [0, 0.05) is 5.02 Å². The fraction of sp³-hybridized carbons (Fsp3) is 0.167. The van der Waals surface area contributed by atoms with Crippen molar-refractivity contribution in [2.45, 2.75) is 0 Å². The van der Waals surface area contributed by atoms with E-state index in [1.165, 1.54) is 26.5 Å². The number of carbonyl (C=O) groups is 2. The van der Waals surface area contributed by atoms with Crippen LogP contribution < -0.4 is 19.6 Å². The van der Waals surface area contributed by atoms with Crippen LogP contribution in [0.2, 0.25) is 5.02 Å². The summed E-state index contributed by atoms with van der Waals surface area (Å²) in [6.07, 6.45) is 0.549. The molecule has 0 aliphatic carbocycles. The number of halogens is 1. The minimum absolute atomic E-state index is 0.196. The number of ether oxygens (including phenoxy) is 4. The van der Waals surface area contributed by atoms with E-state index in [0.29, 0.717) is 22.1 Å². The van der Waals surface area contributed by atoms with E-state index in [4.69, 9.17) is 25.8 Å². The second-order valence-corrected chi connectivity index (χ2v) is 5.44. The molecule has 0 saturated carbocycles. The first-order valence-electron chi connectivity index (χ1n) is 7.66. The van der Waals surface area contributed by atoms with Crippen molar-refractivity contribution in [1.29, 1.82) is 0 Å². The first-order valence-corrected chi connectivity index (χ1v) is 8.03. The molecule has 2 rings (SSSR count). The molecule has 0 aromatic heterocycles. The van der Waals surface area contributed by atoms with Crippen molar-refractivity contribution >= 4 is 29.9 Å². The van der Waals surface area contributed by atoms with Crippen molar-refractivity contribution in [3.8, 4) is 17.2 Å². The molecule has 0 heterocycles. The summed E-state index contributed by atoms with van der Waals surface area (Å²) in [6.45, 7) is -0.200. The normalized spacial score (nSPS) is 10.3. The number of rotatable bonds is 7. The number of nitrogens with zero attached hydrogens (tertiary/aromatic N) is 1. The summed E-state index contributed by atoms with van der Waals surface area (Å²) < 4.78 is 19.8. The Morgan fingerprint density at radius 1 is 1.11 bits per heavy atom. The molecule has 2 aromatic rings. The van der Waals surface area contributed by atoms with Gasteiger partial charge in [0.25, 0.3) is 5.91 Å². The number of hydrazone groups is 1. The van der Waals surface area contributed by atoms with Crippen LogP contribution in [0.25, 0.3) is 0 Å². The minimum atomic E-state index is -0.859. The summed E-state index contributed by atoms with van der Waals surface area (Å²) in [4.78, 5) is 22.9. The molecule has 0 bridgehead atoms. The third-order valence-electron chi connectivity index (χ3n) is 3.13. The summed E-state index contributed by atoms with van der Waals surface area (Å²) >= 11 is 5.77. The Kier molecular flexibility index (Phi) is 7.45. The Morgan fingerprint density at radius 2 is 1.85 bits per heavy atom. The quantitative estimate of drug-likeness (QED) is 0.337. The number of hydrogen-bond donors (Lipinski definition) is 1. The number of amides is 1. The van der Waals surface area contributed by atoms with E-state index in [2.05, 4.69) is 15.3 Å². The Hall–Kier alpha value is -3.26. The molecule has 0 fully saturated rings. The molecule has 0 aliphatic rings. The van der Waals surface area contributed by atoms with Crippen LogP contribution in [0, 0.1) is 0 Å². The third kappa shape index (κ3) is 6.52. The molecule has 0 atom stereocenters. The Bertz CT molecular complexity index is 823. The van der Waals surface area contributed by atoms with Gasteiger partial charge < -0.3 is 18.9 Å². The fourth-order valence-corrected chi connectivity index (χ4v) is 2.00. The van der Waals surface area contributed by atoms with Crippen molar-refractivity contribution in [1.82, 2.24) is 5.43 Å². The minimum Gasteiger partial charge on any atom is -0.493 e. The van der Waals surface area contributed by atoms with E-state index in [0.717, 1.165) is 0 Å². The zero-order chi connectivity index (χ0) is 19.6. The molecule has 1 amide bonds. The van der Waals surface area contributed by atoms with Gasteiger partial charge in [0.15, 0.2) is 18.1 Å². The lowest BCUT2D eigenvalue weighted by atomic mass is 10.2. The second-order valence-electron chi connectivity index (χ2n) is 5.00. The monoisotopic (exact) mass is 392 g/mol. The van der Waals surface area contributed by atoms with E-state index in [1.54, 1.807) is 36.4 Å². The van der Waals surface area contributed by atoms with Crippen LogP contribution in [0.4, 0.5) is 4.79 Å². The van der Waals surface area contributed by atoms with Gasteiger partial charge in [-0.05, 0) is 48.0 Å².